The van der Waals surface area contributed by atoms with E-state index in [4.69, 9.17) is 0 Å². The minimum atomic E-state index is -6.46. The van der Waals surface area contributed by atoms with Gasteiger partial charge in [0.25, 0.3) is 0 Å². The van der Waals surface area contributed by atoms with E-state index in [1.165, 1.54) is 6.92 Å². The van der Waals surface area contributed by atoms with Crippen LogP contribution in [-0.4, -0.2) is 30.6 Å². The lowest BCUT2D eigenvalue weighted by Crippen LogP contribution is -2.56. The van der Waals surface area contributed by atoms with Gasteiger partial charge in [-0.05, 0) is 17.8 Å². The van der Waals surface area contributed by atoms with Crippen molar-refractivity contribution in [2.45, 2.75) is 66.5 Å². The molecule has 0 amide bonds. The van der Waals surface area contributed by atoms with E-state index in [2.05, 4.69) is 4.74 Å². The molecule has 0 aliphatic carbocycles. The molecular weight excluding hydrogens is 345 g/mol. The second-order valence-electron chi connectivity index (χ2n) is 7.98. The van der Waals surface area contributed by atoms with Crippen LogP contribution in [0.25, 0.3) is 0 Å². The molecule has 0 aromatic carbocycles. The van der Waals surface area contributed by atoms with Crippen molar-refractivity contribution in [2.75, 3.05) is 6.61 Å². The number of carbonyl (C=O) groups excluding carboxylic acids is 1. The molecule has 0 aliphatic rings. The van der Waals surface area contributed by atoms with E-state index in [1.54, 1.807) is 41.5 Å². The minimum Gasteiger partial charge on any atom is -0.459 e. The van der Waals surface area contributed by atoms with Gasteiger partial charge in [-0.3, -0.25) is 4.79 Å². The maximum Gasteiger partial charge on any atom is 0.460 e. The summed E-state index contributed by atoms with van der Waals surface area (Å²) in [4.78, 5) is 12.3. The maximum atomic E-state index is 13.3. The lowest BCUT2D eigenvalue weighted by molar-refractivity contribution is -0.360. The van der Waals surface area contributed by atoms with Crippen molar-refractivity contribution in [3.63, 3.8) is 0 Å². The molecule has 0 rings (SSSR count). The highest BCUT2D eigenvalue weighted by Crippen LogP contribution is 2.53. The zero-order valence-electron chi connectivity index (χ0n) is 14.7. The molecule has 0 aliphatic heterocycles. The van der Waals surface area contributed by atoms with E-state index < -0.39 is 46.8 Å². The Labute approximate surface area is 136 Å². The Bertz CT molecular complexity index is 454. The zero-order chi connectivity index (χ0) is 20.0. The summed E-state index contributed by atoms with van der Waals surface area (Å²) in [5, 5.41) is 0. The van der Waals surface area contributed by atoms with Gasteiger partial charge in [0, 0.05) is 0 Å². The van der Waals surface area contributed by atoms with Crippen LogP contribution in [0.2, 0.25) is 0 Å². The van der Waals surface area contributed by atoms with E-state index in [9.17, 15) is 35.5 Å². The van der Waals surface area contributed by atoms with Crippen LogP contribution in [0.1, 0.15) is 48.5 Å². The Balaban J connectivity index is 5.54. The van der Waals surface area contributed by atoms with Crippen molar-refractivity contribution in [3.8, 4) is 0 Å². The first kappa shape index (κ1) is 23.0. The molecule has 0 fully saturated rings. The standard InChI is InChI=1S/C15H23F7O2/c1-10(2,3)12(7,11(4,5)6)9(23)24-8-13(16,17)14(18,19)15(20,21)22/h8H2,1-7H3. The molecule has 0 radical (unpaired) electrons. The van der Waals surface area contributed by atoms with Crippen LogP contribution in [-0.2, 0) is 9.53 Å². The number of carbonyl (C=O) groups is 1. The van der Waals surface area contributed by atoms with E-state index in [-0.39, 0.29) is 0 Å². The SMILES string of the molecule is CC(C)(C)C(C)(C(=O)OCC(F)(F)C(F)(F)C(F)(F)F)C(C)(C)C. The molecule has 144 valence electrons. The maximum absolute atomic E-state index is 13.3. The van der Waals surface area contributed by atoms with Gasteiger partial charge in [0.15, 0.2) is 6.61 Å². The predicted molar refractivity (Wildman–Crippen MR) is 73.9 cm³/mol. The molecule has 0 saturated heterocycles. The summed E-state index contributed by atoms with van der Waals surface area (Å²) < 4.78 is 92.8. The molecule has 0 aromatic rings. The Morgan fingerprint density at radius 2 is 1.08 bits per heavy atom. The number of hydrogen-bond donors (Lipinski definition) is 0. The first-order chi connectivity index (χ1) is 10.1. The van der Waals surface area contributed by atoms with Gasteiger partial charge < -0.3 is 4.74 Å². The fourth-order valence-corrected chi connectivity index (χ4v) is 2.34. The number of rotatable bonds is 4. The average Bonchev–Trinajstić information content (AvgIpc) is 2.30. The fraction of sp³-hybridized carbons (Fsp3) is 0.933. The molecule has 24 heavy (non-hydrogen) atoms. The van der Waals surface area contributed by atoms with Crippen LogP contribution in [0.15, 0.2) is 0 Å². The second-order valence-corrected chi connectivity index (χ2v) is 7.98. The molecule has 0 spiro atoms. The van der Waals surface area contributed by atoms with Crippen molar-refractivity contribution in [1.29, 1.82) is 0 Å². The van der Waals surface area contributed by atoms with Crippen molar-refractivity contribution < 1.29 is 40.3 Å². The highest BCUT2D eigenvalue weighted by Gasteiger charge is 2.73. The summed E-state index contributed by atoms with van der Waals surface area (Å²) in [6.07, 6.45) is -6.46. The van der Waals surface area contributed by atoms with Crippen LogP contribution in [0.3, 0.4) is 0 Å². The summed E-state index contributed by atoms with van der Waals surface area (Å²) in [6, 6.07) is 0. The van der Waals surface area contributed by atoms with Crippen LogP contribution in [0.5, 0.6) is 0 Å². The molecule has 0 atom stereocenters. The van der Waals surface area contributed by atoms with Crippen LogP contribution < -0.4 is 0 Å². The highest BCUT2D eigenvalue weighted by molar-refractivity contribution is 5.78. The highest BCUT2D eigenvalue weighted by atomic mass is 19.4. The summed E-state index contributed by atoms with van der Waals surface area (Å²) in [5.41, 5.74) is -3.07. The molecule has 0 heterocycles. The Morgan fingerprint density at radius 1 is 0.750 bits per heavy atom. The third-order valence-corrected chi connectivity index (χ3v) is 4.61. The van der Waals surface area contributed by atoms with E-state index in [0.717, 1.165) is 0 Å². The monoisotopic (exact) mass is 368 g/mol. The molecule has 9 heteroatoms. The van der Waals surface area contributed by atoms with Gasteiger partial charge in [-0.1, -0.05) is 41.5 Å². The first-order valence-electron chi connectivity index (χ1n) is 7.12. The minimum absolute atomic E-state index is 0.829. The molecule has 0 unspecified atom stereocenters. The summed E-state index contributed by atoms with van der Waals surface area (Å²) >= 11 is 0. The van der Waals surface area contributed by atoms with Gasteiger partial charge in [0.05, 0.1) is 5.41 Å². The quantitative estimate of drug-likeness (QED) is 0.486. The van der Waals surface area contributed by atoms with E-state index in [0.29, 0.717) is 0 Å². The van der Waals surface area contributed by atoms with Crippen molar-refractivity contribution >= 4 is 5.97 Å². The van der Waals surface area contributed by atoms with Crippen LogP contribution >= 0.6 is 0 Å². The average molecular weight is 368 g/mol. The summed E-state index contributed by atoms with van der Waals surface area (Å²) in [7, 11) is 0. The topological polar surface area (TPSA) is 26.3 Å². The van der Waals surface area contributed by atoms with Gasteiger partial charge >= 0.3 is 24.0 Å². The number of hydrogen-bond acceptors (Lipinski definition) is 2. The lowest BCUT2D eigenvalue weighted by Gasteiger charge is -2.49. The molecular formula is C15H23F7O2. The number of ether oxygens (including phenoxy) is 1. The molecule has 0 N–H and O–H groups in total. The molecule has 0 aromatic heterocycles. The van der Waals surface area contributed by atoms with Gasteiger partial charge in [-0.25, -0.2) is 0 Å². The van der Waals surface area contributed by atoms with E-state index >= 15 is 0 Å². The summed E-state index contributed by atoms with van der Waals surface area (Å²) in [5.74, 6) is -13.1. The Hall–Kier alpha value is -1.02. The second kappa shape index (κ2) is 6.05. The molecule has 2 nitrogen and oxygen atoms in total. The van der Waals surface area contributed by atoms with Gasteiger partial charge in [-0.2, -0.15) is 30.7 Å². The lowest BCUT2D eigenvalue weighted by atomic mass is 9.55. The molecule has 0 saturated carbocycles. The largest absolute Gasteiger partial charge is 0.460 e. The van der Waals surface area contributed by atoms with Crippen molar-refractivity contribution in [3.05, 3.63) is 0 Å². The Kier molecular flexibility index (Phi) is 5.80. The third kappa shape index (κ3) is 3.79. The zero-order valence-corrected chi connectivity index (χ0v) is 14.7. The van der Waals surface area contributed by atoms with Crippen LogP contribution in [0, 0.1) is 16.2 Å². The smallest absolute Gasteiger partial charge is 0.459 e. The normalized spacial score (nSPS) is 15.4. The van der Waals surface area contributed by atoms with Gasteiger partial charge in [0.1, 0.15) is 0 Å². The predicted octanol–water partition coefficient (Wildman–Crippen LogP) is 5.46. The van der Waals surface area contributed by atoms with Gasteiger partial charge in [0.2, 0.25) is 0 Å². The molecule has 0 bridgehead atoms. The third-order valence-electron chi connectivity index (χ3n) is 4.61. The number of halogens is 7. The first-order valence-corrected chi connectivity index (χ1v) is 7.12. The van der Waals surface area contributed by atoms with Gasteiger partial charge in [-0.15, -0.1) is 0 Å². The van der Waals surface area contributed by atoms with Crippen LogP contribution in [0.4, 0.5) is 30.7 Å². The van der Waals surface area contributed by atoms with E-state index in [1.807, 2.05) is 0 Å². The number of alkyl halides is 7. The number of esters is 1. The fourth-order valence-electron chi connectivity index (χ4n) is 2.34. The van der Waals surface area contributed by atoms with Crippen molar-refractivity contribution in [1.82, 2.24) is 0 Å². The Morgan fingerprint density at radius 3 is 1.33 bits per heavy atom. The summed E-state index contributed by atoms with van der Waals surface area (Å²) in [6.45, 7) is 8.72. The van der Waals surface area contributed by atoms with Crippen molar-refractivity contribution in [2.24, 2.45) is 16.2 Å².